The van der Waals surface area contributed by atoms with Crippen molar-refractivity contribution in [2.45, 2.75) is 17.8 Å². The van der Waals surface area contributed by atoms with Crippen LogP contribution in [0.2, 0.25) is 0 Å². The normalized spacial score (nSPS) is 13.9. The van der Waals surface area contributed by atoms with Gasteiger partial charge in [-0.05, 0) is 24.1 Å². The van der Waals surface area contributed by atoms with Crippen LogP contribution in [0.3, 0.4) is 0 Å². The first-order chi connectivity index (χ1) is 8.52. The van der Waals surface area contributed by atoms with Gasteiger partial charge in [-0.2, -0.15) is 0 Å². The molecule has 0 radical (unpaired) electrons. The Balaban J connectivity index is 2.49. The molecular formula is C12H15Cl2NO3. The van der Waals surface area contributed by atoms with E-state index in [4.69, 9.17) is 38.8 Å². The molecular weight excluding hydrogens is 277 g/mol. The first-order valence-corrected chi connectivity index (χ1v) is 6.40. The fourth-order valence-corrected chi connectivity index (χ4v) is 1.45. The molecule has 0 saturated heterocycles. The van der Waals surface area contributed by atoms with E-state index in [1.54, 1.807) is 24.3 Å². The summed E-state index contributed by atoms with van der Waals surface area (Å²) in [4.78, 5) is 10.6. The minimum atomic E-state index is -1.01. The standard InChI is InChI=1S/C12H15Cl2NO3/c13-6-9(14)7-18-10-3-1-8(2-4-10)5-11(15)12(16)17/h1-4,9,11H,5-7,15H2,(H,16,17)/t9?,11-/m0/s1. The third kappa shape index (κ3) is 5.12. The van der Waals surface area contributed by atoms with Gasteiger partial charge in [-0.15, -0.1) is 23.2 Å². The summed E-state index contributed by atoms with van der Waals surface area (Å²) in [5.41, 5.74) is 6.28. The Kier molecular flexibility index (Phi) is 6.25. The lowest BCUT2D eigenvalue weighted by atomic mass is 10.1. The second-order valence-electron chi connectivity index (χ2n) is 3.86. The number of hydrogen-bond donors (Lipinski definition) is 2. The number of carboxylic acids is 1. The average molecular weight is 292 g/mol. The van der Waals surface area contributed by atoms with E-state index in [-0.39, 0.29) is 11.8 Å². The van der Waals surface area contributed by atoms with Crippen molar-refractivity contribution in [2.24, 2.45) is 5.73 Å². The van der Waals surface area contributed by atoms with E-state index in [0.29, 0.717) is 18.2 Å². The SMILES string of the molecule is N[C@@H](Cc1ccc(OCC(Cl)CCl)cc1)C(=O)O. The van der Waals surface area contributed by atoms with Crippen molar-refractivity contribution in [3.63, 3.8) is 0 Å². The molecule has 0 amide bonds. The first-order valence-electron chi connectivity index (χ1n) is 5.43. The Morgan fingerprint density at radius 1 is 1.39 bits per heavy atom. The van der Waals surface area contributed by atoms with E-state index in [9.17, 15) is 4.79 Å². The van der Waals surface area contributed by atoms with Crippen LogP contribution in [0.15, 0.2) is 24.3 Å². The van der Waals surface area contributed by atoms with Gasteiger partial charge in [0, 0.05) is 5.88 Å². The Labute approximate surface area is 116 Å². The van der Waals surface area contributed by atoms with Crippen LogP contribution in [0.1, 0.15) is 5.56 Å². The molecule has 1 rings (SSSR count). The number of carboxylic acid groups (broad SMARTS) is 1. The van der Waals surface area contributed by atoms with E-state index in [1.165, 1.54) is 0 Å². The molecule has 1 aromatic carbocycles. The second-order valence-corrected chi connectivity index (χ2v) is 4.78. The largest absolute Gasteiger partial charge is 0.492 e. The van der Waals surface area contributed by atoms with Crippen molar-refractivity contribution in [3.05, 3.63) is 29.8 Å². The zero-order valence-electron chi connectivity index (χ0n) is 9.68. The van der Waals surface area contributed by atoms with Crippen LogP contribution in [-0.4, -0.2) is 35.0 Å². The molecule has 3 N–H and O–H groups in total. The summed E-state index contributed by atoms with van der Waals surface area (Å²) >= 11 is 11.4. The van der Waals surface area contributed by atoms with Gasteiger partial charge in [-0.3, -0.25) is 4.79 Å². The van der Waals surface area contributed by atoms with Gasteiger partial charge < -0.3 is 15.6 Å². The summed E-state index contributed by atoms with van der Waals surface area (Å²) in [5.74, 6) is -0.0200. The predicted octanol–water partition coefficient (Wildman–Crippen LogP) is 1.87. The maximum atomic E-state index is 10.6. The van der Waals surface area contributed by atoms with Crippen LogP contribution in [0.25, 0.3) is 0 Å². The molecule has 0 spiro atoms. The summed E-state index contributed by atoms with van der Waals surface area (Å²) < 4.78 is 5.40. The van der Waals surface area contributed by atoms with Crippen molar-refractivity contribution in [2.75, 3.05) is 12.5 Å². The Morgan fingerprint density at radius 3 is 2.50 bits per heavy atom. The second kappa shape index (κ2) is 7.46. The number of alkyl halides is 2. The van der Waals surface area contributed by atoms with Crippen molar-refractivity contribution in [1.29, 1.82) is 0 Å². The number of aliphatic carboxylic acids is 1. The molecule has 0 saturated carbocycles. The number of rotatable bonds is 7. The fourth-order valence-electron chi connectivity index (χ4n) is 1.29. The average Bonchev–Trinajstić information content (AvgIpc) is 2.37. The molecule has 1 aromatic rings. The molecule has 0 fully saturated rings. The molecule has 0 aliphatic rings. The topological polar surface area (TPSA) is 72.5 Å². The van der Waals surface area contributed by atoms with Crippen LogP contribution in [0, 0.1) is 0 Å². The zero-order chi connectivity index (χ0) is 13.5. The highest BCUT2D eigenvalue weighted by atomic mass is 35.5. The van der Waals surface area contributed by atoms with Crippen LogP contribution < -0.4 is 10.5 Å². The molecule has 4 nitrogen and oxygen atoms in total. The number of ether oxygens (including phenoxy) is 1. The summed E-state index contributed by atoms with van der Waals surface area (Å²) in [6, 6.07) is 6.17. The van der Waals surface area contributed by atoms with Gasteiger partial charge in [0.1, 0.15) is 18.4 Å². The van der Waals surface area contributed by atoms with Crippen LogP contribution >= 0.6 is 23.2 Å². The van der Waals surface area contributed by atoms with E-state index in [2.05, 4.69) is 0 Å². The number of benzene rings is 1. The fraction of sp³-hybridized carbons (Fsp3) is 0.417. The van der Waals surface area contributed by atoms with Crippen molar-refractivity contribution < 1.29 is 14.6 Å². The zero-order valence-corrected chi connectivity index (χ0v) is 11.2. The molecule has 0 aromatic heterocycles. The van der Waals surface area contributed by atoms with Crippen LogP contribution in [0.4, 0.5) is 0 Å². The maximum Gasteiger partial charge on any atom is 0.320 e. The molecule has 100 valence electrons. The van der Waals surface area contributed by atoms with E-state index >= 15 is 0 Å². The minimum absolute atomic E-state index is 0.230. The van der Waals surface area contributed by atoms with E-state index in [1.807, 2.05) is 0 Å². The summed E-state index contributed by atoms with van der Waals surface area (Å²) in [6.45, 7) is 0.332. The first kappa shape index (κ1) is 15.1. The van der Waals surface area contributed by atoms with Gasteiger partial charge in [-0.1, -0.05) is 12.1 Å². The third-order valence-corrected chi connectivity index (χ3v) is 3.11. The maximum absolute atomic E-state index is 10.6. The highest BCUT2D eigenvalue weighted by molar-refractivity contribution is 6.28. The van der Waals surface area contributed by atoms with Crippen molar-refractivity contribution in [3.8, 4) is 5.75 Å². The number of halogens is 2. The molecule has 0 bridgehead atoms. The molecule has 2 atom stereocenters. The van der Waals surface area contributed by atoms with Crippen LogP contribution in [0.5, 0.6) is 5.75 Å². The molecule has 0 heterocycles. The van der Waals surface area contributed by atoms with Gasteiger partial charge in [-0.25, -0.2) is 0 Å². The van der Waals surface area contributed by atoms with Gasteiger partial charge >= 0.3 is 5.97 Å². The lowest BCUT2D eigenvalue weighted by Crippen LogP contribution is -2.32. The van der Waals surface area contributed by atoms with Gasteiger partial charge in [0.15, 0.2) is 0 Å². The quantitative estimate of drug-likeness (QED) is 0.752. The van der Waals surface area contributed by atoms with Gasteiger partial charge in [0.2, 0.25) is 0 Å². The summed E-state index contributed by atoms with van der Waals surface area (Å²) in [7, 11) is 0. The Hall–Kier alpha value is -0.970. The van der Waals surface area contributed by atoms with Crippen LogP contribution in [-0.2, 0) is 11.2 Å². The molecule has 6 heteroatoms. The summed E-state index contributed by atoms with van der Waals surface area (Å²) in [6.07, 6.45) is 0.287. The molecule has 0 aliphatic carbocycles. The molecule has 1 unspecified atom stereocenters. The smallest absolute Gasteiger partial charge is 0.320 e. The van der Waals surface area contributed by atoms with Gasteiger partial charge in [0.05, 0.1) is 5.38 Å². The lowest BCUT2D eigenvalue weighted by molar-refractivity contribution is -0.138. The Bertz CT molecular complexity index is 383. The number of carbonyl (C=O) groups is 1. The van der Waals surface area contributed by atoms with E-state index < -0.39 is 12.0 Å². The highest BCUT2D eigenvalue weighted by Crippen LogP contribution is 2.14. The molecule has 18 heavy (non-hydrogen) atoms. The van der Waals surface area contributed by atoms with Crippen molar-refractivity contribution in [1.82, 2.24) is 0 Å². The Morgan fingerprint density at radius 2 is 2.00 bits per heavy atom. The number of hydrogen-bond acceptors (Lipinski definition) is 3. The summed E-state index contributed by atoms with van der Waals surface area (Å²) in [5, 5.41) is 8.46. The number of nitrogens with two attached hydrogens (primary N) is 1. The lowest BCUT2D eigenvalue weighted by Gasteiger charge is -2.10. The predicted molar refractivity (Wildman–Crippen MR) is 71.6 cm³/mol. The van der Waals surface area contributed by atoms with E-state index in [0.717, 1.165) is 5.56 Å². The molecule has 0 aliphatic heterocycles. The minimum Gasteiger partial charge on any atom is -0.492 e. The van der Waals surface area contributed by atoms with Crippen molar-refractivity contribution >= 4 is 29.2 Å². The van der Waals surface area contributed by atoms with Gasteiger partial charge in [0.25, 0.3) is 0 Å². The highest BCUT2D eigenvalue weighted by Gasteiger charge is 2.12. The monoisotopic (exact) mass is 291 g/mol. The third-order valence-electron chi connectivity index (χ3n) is 2.29.